The average molecular weight is 418 g/mol. The van der Waals surface area contributed by atoms with Gasteiger partial charge in [0.25, 0.3) is 0 Å². The van der Waals surface area contributed by atoms with Gasteiger partial charge in [0, 0.05) is 50.0 Å². The summed E-state index contributed by atoms with van der Waals surface area (Å²) in [6.07, 6.45) is 3.06. The van der Waals surface area contributed by atoms with Crippen LogP contribution in [0.1, 0.15) is 13.8 Å². The molecule has 3 heterocycles. The minimum atomic E-state index is -0.959. The maximum atomic E-state index is 14.3. The van der Waals surface area contributed by atoms with E-state index in [1.165, 1.54) is 12.4 Å². The number of aromatic amines is 1. The van der Waals surface area contributed by atoms with Gasteiger partial charge in [0.15, 0.2) is 11.6 Å². The van der Waals surface area contributed by atoms with E-state index in [0.717, 1.165) is 24.3 Å². The molecule has 1 aliphatic heterocycles. The summed E-state index contributed by atoms with van der Waals surface area (Å²) in [6, 6.07) is 4.91. The van der Waals surface area contributed by atoms with Gasteiger partial charge in [-0.25, -0.2) is 22.9 Å². The number of ether oxygens (including phenoxy) is 1. The highest BCUT2D eigenvalue weighted by atomic mass is 32.2. The van der Waals surface area contributed by atoms with E-state index in [-0.39, 0.29) is 11.9 Å². The minimum absolute atomic E-state index is 0.140. The molecule has 3 aromatic rings. The third kappa shape index (κ3) is 4.08. The third-order valence-electron chi connectivity index (χ3n) is 4.80. The number of nitrogens with one attached hydrogen (secondary N) is 1. The standard InChI is InChI=1S/C19H23FN6O2S/c1-12(2)28-17-8-13-15(9-14(17)20)23-24-19(13)16-10-18(22-11-21-16)25-4-6-26(7-5-25)29(3)27/h8-12H,4-7H2,1-3H3,(H,23,24). The molecule has 1 fully saturated rings. The molecule has 0 amide bonds. The van der Waals surface area contributed by atoms with Gasteiger partial charge in [-0.1, -0.05) is 0 Å². The highest BCUT2D eigenvalue weighted by Gasteiger charge is 2.21. The number of piperazine rings is 1. The van der Waals surface area contributed by atoms with Gasteiger partial charge in [-0.3, -0.25) is 5.10 Å². The fraction of sp³-hybridized carbons (Fsp3) is 0.421. The van der Waals surface area contributed by atoms with E-state index in [9.17, 15) is 8.60 Å². The number of hydrogen-bond acceptors (Lipinski definition) is 6. The summed E-state index contributed by atoms with van der Waals surface area (Å²) in [7, 11) is -0.959. The average Bonchev–Trinajstić information content (AvgIpc) is 3.10. The van der Waals surface area contributed by atoms with Crippen molar-refractivity contribution < 1.29 is 13.3 Å². The van der Waals surface area contributed by atoms with Crippen molar-refractivity contribution >= 4 is 27.7 Å². The lowest BCUT2D eigenvalue weighted by molar-refractivity contribution is 0.231. The van der Waals surface area contributed by atoms with Crippen molar-refractivity contribution in [2.45, 2.75) is 20.0 Å². The van der Waals surface area contributed by atoms with Crippen LogP contribution in [-0.2, 0) is 11.0 Å². The van der Waals surface area contributed by atoms with Crippen molar-refractivity contribution in [1.29, 1.82) is 0 Å². The SMILES string of the molecule is CC(C)Oc1cc2c(-c3cc(N4CCN(S(C)=O)CC4)ncn3)n[nH]c2cc1F. The van der Waals surface area contributed by atoms with Crippen LogP contribution < -0.4 is 9.64 Å². The van der Waals surface area contributed by atoms with E-state index in [4.69, 9.17) is 4.74 Å². The third-order valence-corrected chi connectivity index (χ3v) is 5.89. The second-order valence-corrected chi connectivity index (χ2v) is 8.53. The Hall–Kier alpha value is -2.59. The van der Waals surface area contributed by atoms with Crippen LogP contribution in [0.25, 0.3) is 22.3 Å². The van der Waals surface area contributed by atoms with Gasteiger partial charge >= 0.3 is 0 Å². The minimum Gasteiger partial charge on any atom is -0.488 e. The van der Waals surface area contributed by atoms with Crippen LogP contribution >= 0.6 is 0 Å². The molecule has 0 radical (unpaired) electrons. The van der Waals surface area contributed by atoms with E-state index in [2.05, 4.69) is 25.1 Å². The largest absolute Gasteiger partial charge is 0.488 e. The van der Waals surface area contributed by atoms with E-state index in [1.54, 1.807) is 12.3 Å². The zero-order valence-corrected chi connectivity index (χ0v) is 17.4. The maximum absolute atomic E-state index is 14.3. The first-order valence-corrected chi connectivity index (χ1v) is 10.9. The summed E-state index contributed by atoms with van der Waals surface area (Å²) in [5, 5.41) is 7.94. The Balaban J connectivity index is 1.65. The Kier molecular flexibility index (Phi) is 5.46. The molecule has 8 nitrogen and oxygen atoms in total. The summed E-state index contributed by atoms with van der Waals surface area (Å²) in [6.45, 7) is 6.59. The van der Waals surface area contributed by atoms with E-state index < -0.39 is 16.8 Å². The first-order valence-electron chi connectivity index (χ1n) is 9.42. The quantitative estimate of drug-likeness (QED) is 0.685. The predicted molar refractivity (Wildman–Crippen MR) is 111 cm³/mol. The van der Waals surface area contributed by atoms with Gasteiger partial charge in [-0.2, -0.15) is 5.10 Å². The number of nitrogens with zero attached hydrogens (tertiary/aromatic N) is 5. The van der Waals surface area contributed by atoms with E-state index >= 15 is 0 Å². The number of hydrogen-bond donors (Lipinski definition) is 1. The Morgan fingerprint density at radius 3 is 2.62 bits per heavy atom. The lowest BCUT2D eigenvalue weighted by atomic mass is 10.1. The highest BCUT2D eigenvalue weighted by molar-refractivity contribution is 7.81. The van der Waals surface area contributed by atoms with Crippen molar-refractivity contribution in [2.24, 2.45) is 0 Å². The normalized spacial score (nSPS) is 16.5. The second-order valence-electron chi connectivity index (χ2n) is 7.17. The van der Waals surface area contributed by atoms with Crippen LogP contribution in [0, 0.1) is 5.82 Å². The molecule has 2 aromatic heterocycles. The molecule has 0 aliphatic carbocycles. The van der Waals surface area contributed by atoms with Crippen molar-refractivity contribution in [1.82, 2.24) is 24.5 Å². The molecule has 1 saturated heterocycles. The van der Waals surface area contributed by atoms with Crippen LogP contribution in [0.3, 0.4) is 0 Å². The van der Waals surface area contributed by atoms with E-state index in [1.807, 2.05) is 24.2 Å². The summed E-state index contributed by atoms with van der Waals surface area (Å²) < 4.78 is 33.4. The first kappa shape index (κ1) is 19.7. The van der Waals surface area contributed by atoms with Gasteiger partial charge < -0.3 is 9.64 Å². The van der Waals surface area contributed by atoms with Crippen LogP contribution in [0.2, 0.25) is 0 Å². The second kappa shape index (κ2) is 8.03. The van der Waals surface area contributed by atoms with Gasteiger partial charge in [0.2, 0.25) is 0 Å². The van der Waals surface area contributed by atoms with Crippen LogP contribution in [-0.4, -0.2) is 67.2 Å². The molecule has 154 valence electrons. The Labute approximate surface area is 170 Å². The molecule has 0 saturated carbocycles. The fourth-order valence-electron chi connectivity index (χ4n) is 3.38. The van der Waals surface area contributed by atoms with Crippen molar-refractivity contribution in [3.8, 4) is 17.1 Å². The Morgan fingerprint density at radius 2 is 1.93 bits per heavy atom. The van der Waals surface area contributed by atoms with Gasteiger partial charge in [-0.15, -0.1) is 0 Å². The molecule has 10 heteroatoms. The lowest BCUT2D eigenvalue weighted by Crippen LogP contribution is -2.47. The zero-order valence-electron chi connectivity index (χ0n) is 16.6. The smallest absolute Gasteiger partial charge is 0.167 e. The number of anilines is 1. The first-order chi connectivity index (χ1) is 13.9. The Bertz CT molecular complexity index is 1050. The summed E-state index contributed by atoms with van der Waals surface area (Å²) in [5.41, 5.74) is 1.84. The maximum Gasteiger partial charge on any atom is 0.167 e. The van der Waals surface area contributed by atoms with Gasteiger partial charge in [-0.05, 0) is 19.9 Å². The molecule has 1 unspecified atom stereocenters. The van der Waals surface area contributed by atoms with Gasteiger partial charge in [0.1, 0.15) is 17.8 Å². The molecular formula is C19H23FN6O2S. The topological polar surface area (TPSA) is 87.2 Å². The predicted octanol–water partition coefficient (Wildman–Crippen LogP) is 2.36. The molecule has 1 N–H and O–H groups in total. The zero-order chi connectivity index (χ0) is 20.5. The number of rotatable bonds is 5. The summed E-state index contributed by atoms with van der Waals surface area (Å²) in [5.74, 6) is 0.539. The molecule has 1 aliphatic rings. The van der Waals surface area contributed by atoms with Crippen LogP contribution in [0.4, 0.5) is 10.2 Å². The number of benzene rings is 1. The van der Waals surface area contributed by atoms with Crippen molar-refractivity contribution in [2.75, 3.05) is 37.3 Å². The molecular weight excluding hydrogens is 395 g/mol. The van der Waals surface area contributed by atoms with E-state index in [0.29, 0.717) is 30.0 Å². The summed E-state index contributed by atoms with van der Waals surface area (Å²) in [4.78, 5) is 10.9. The highest BCUT2D eigenvalue weighted by Crippen LogP contribution is 2.31. The number of H-pyrrole nitrogens is 1. The molecule has 0 spiro atoms. The van der Waals surface area contributed by atoms with Gasteiger partial charge in [0.05, 0.1) is 28.3 Å². The van der Waals surface area contributed by atoms with Crippen molar-refractivity contribution in [3.05, 3.63) is 30.3 Å². The molecule has 1 aromatic carbocycles. The molecule has 0 bridgehead atoms. The lowest BCUT2D eigenvalue weighted by Gasteiger charge is -2.33. The molecule has 29 heavy (non-hydrogen) atoms. The van der Waals surface area contributed by atoms with Crippen LogP contribution in [0.5, 0.6) is 5.75 Å². The number of halogens is 1. The number of fused-ring (bicyclic) bond motifs is 1. The van der Waals surface area contributed by atoms with Crippen molar-refractivity contribution in [3.63, 3.8) is 0 Å². The molecule has 4 rings (SSSR count). The molecule has 1 atom stereocenters. The summed E-state index contributed by atoms with van der Waals surface area (Å²) >= 11 is 0. The van der Waals surface area contributed by atoms with Crippen LogP contribution in [0.15, 0.2) is 24.5 Å². The number of aromatic nitrogens is 4. The Morgan fingerprint density at radius 1 is 1.17 bits per heavy atom. The fourth-order valence-corrected chi connectivity index (χ4v) is 4.06. The monoisotopic (exact) mass is 418 g/mol.